The Balaban J connectivity index is 0.00000144. The van der Waals surface area contributed by atoms with E-state index in [4.69, 9.17) is 5.11 Å². The number of nitrogens with one attached hydrogen (secondary N) is 1. The van der Waals surface area contributed by atoms with Gasteiger partial charge in [-0.15, -0.1) is 12.4 Å². The third-order valence-corrected chi connectivity index (χ3v) is 2.78. The van der Waals surface area contributed by atoms with Crippen LogP contribution in [0.2, 0.25) is 0 Å². The second-order valence-electron chi connectivity index (χ2n) is 4.25. The van der Waals surface area contributed by atoms with Crippen LogP contribution in [-0.4, -0.2) is 24.2 Å². The van der Waals surface area contributed by atoms with E-state index in [2.05, 4.69) is 19.2 Å². The highest BCUT2D eigenvalue weighted by molar-refractivity contribution is 5.85. The molecule has 2 N–H and O–H groups in total. The van der Waals surface area contributed by atoms with E-state index < -0.39 is 5.97 Å². The van der Waals surface area contributed by atoms with Crippen LogP contribution >= 0.6 is 12.4 Å². The van der Waals surface area contributed by atoms with Crippen LogP contribution in [0.25, 0.3) is 0 Å². The van der Waals surface area contributed by atoms with Crippen molar-refractivity contribution in [3.05, 3.63) is 0 Å². The van der Waals surface area contributed by atoms with E-state index in [0.29, 0.717) is 12.3 Å². The first kappa shape index (κ1) is 12.7. The fourth-order valence-corrected chi connectivity index (χ4v) is 1.81. The predicted molar refractivity (Wildman–Crippen MR) is 54.3 cm³/mol. The average Bonchev–Trinajstić information content (AvgIpc) is 1.92. The summed E-state index contributed by atoms with van der Waals surface area (Å²) in [6, 6.07) is 0. The maximum Gasteiger partial charge on any atom is 0.303 e. The summed E-state index contributed by atoms with van der Waals surface area (Å²) in [6.45, 7) is 6.16. The van der Waals surface area contributed by atoms with Crippen LogP contribution < -0.4 is 5.32 Å². The van der Waals surface area contributed by atoms with Crippen molar-refractivity contribution >= 4 is 18.4 Å². The number of hydrogen-bond acceptors (Lipinski definition) is 2. The second kappa shape index (κ2) is 4.82. The van der Waals surface area contributed by atoms with Gasteiger partial charge >= 0.3 is 5.97 Å². The average molecular weight is 208 g/mol. The standard InChI is InChI=1S/C9H17NO2.ClH/c1-9(2)6-10-4-3-7(9)5-8(11)12;/h7,10H,3-6H2,1-2H3,(H,11,12);1H. The quantitative estimate of drug-likeness (QED) is 0.722. The molecule has 0 aliphatic carbocycles. The first-order chi connectivity index (χ1) is 5.52. The zero-order valence-corrected chi connectivity index (χ0v) is 8.99. The Hall–Kier alpha value is -0.280. The van der Waals surface area contributed by atoms with Crippen molar-refractivity contribution in [1.82, 2.24) is 5.32 Å². The molecule has 1 aliphatic rings. The van der Waals surface area contributed by atoms with E-state index in [0.717, 1.165) is 19.5 Å². The Morgan fingerprint density at radius 2 is 2.23 bits per heavy atom. The first-order valence-electron chi connectivity index (χ1n) is 4.45. The Kier molecular flexibility index (Phi) is 4.71. The lowest BCUT2D eigenvalue weighted by molar-refractivity contribution is -0.139. The van der Waals surface area contributed by atoms with Crippen LogP contribution in [0.3, 0.4) is 0 Å². The van der Waals surface area contributed by atoms with Crippen molar-refractivity contribution in [2.24, 2.45) is 11.3 Å². The van der Waals surface area contributed by atoms with Crippen LogP contribution in [0.1, 0.15) is 26.7 Å². The van der Waals surface area contributed by atoms with Gasteiger partial charge < -0.3 is 10.4 Å². The van der Waals surface area contributed by atoms with Crippen LogP contribution in [0.4, 0.5) is 0 Å². The normalized spacial score (nSPS) is 26.2. The van der Waals surface area contributed by atoms with Crippen LogP contribution in [0.5, 0.6) is 0 Å². The molecule has 1 aliphatic heterocycles. The molecule has 0 bridgehead atoms. The molecule has 78 valence electrons. The Labute approximate surface area is 85.3 Å². The number of carboxylic acid groups (broad SMARTS) is 1. The Morgan fingerprint density at radius 1 is 1.62 bits per heavy atom. The minimum atomic E-state index is -0.671. The van der Waals surface area contributed by atoms with E-state index in [-0.39, 0.29) is 17.8 Å². The molecule has 0 radical (unpaired) electrons. The molecule has 0 saturated carbocycles. The number of carbonyl (C=O) groups is 1. The van der Waals surface area contributed by atoms with Gasteiger partial charge in [0.25, 0.3) is 0 Å². The zero-order valence-electron chi connectivity index (χ0n) is 8.17. The minimum Gasteiger partial charge on any atom is -0.481 e. The Bertz CT molecular complexity index is 182. The van der Waals surface area contributed by atoms with Crippen molar-refractivity contribution in [3.63, 3.8) is 0 Å². The lowest BCUT2D eigenvalue weighted by atomic mass is 9.73. The number of rotatable bonds is 2. The highest BCUT2D eigenvalue weighted by Crippen LogP contribution is 2.33. The lowest BCUT2D eigenvalue weighted by Crippen LogP contribution is -2.43. The number of piperidine rings is 1. The van der Waals surface area contributed by atoms with E-state index >= 15 is 0 Å². The molecule has 0 aromatic carbocycles. The van der Waals surface area contributed by atoms with Crippen LogP contribution in [0, 0.1) is 11.3 Å². The third kappa shape index (κ3) is 3.53. The summed E-state index contributed by atoms with van der Waals surface area (Å²) in [4.78, 5) is 10.5. The maximum atomic E-state index is 10.5. The first-order valence-corrected chi connectivity index (χ1v) is 4.45. The van der Waals surface area contributed by atoms with Crippen molar-refractivity contribution < 1.29 is 9.90 Å². The largest absolute Gasteiger partial charge is 0.481 e. The van der Waals surface area contributed by atoms with Crippen molar-refractivity contribution in [2.45, 2.75) is 26.7 Å². The molecule has 0 spiro atoms. The molecule has 0 amide bonds. The highest BCUT2D eigenvalue weighted by atomic mass is 35.5. The van der Waals surface area contributed by atoms with Gasteiger partial charge in [-0.1, -0.05) is 13.8 Å². The summed E-state index contributed by atoms with van der Waals surface area (Å²) in [5.41, 5.74) is 0.136. The SMILES string of the molecule is CC1(C)CNCCC1CC(=O)O.Cl. The number of halogens is 1. The van der Waals surface area contributed by atoms with Gasteiger partial charge in [0.05, 0.1) is 0 Å². The molecular formula is C9H18ClNO2. The van der Waals surface area contributed by atoms with Gasteiger partial charge in [0.2, 0.25) is 0 Å². The summed E-state index contributed by atoms with van der Waals surface area (Å²) in [5, 5.41) is 12.0. The number of aliphatic carboxylic acids is 1. The molecule has 0 aromatic heterocycles. The van der Waals surface area contributed by atoms with E-state index in [1.54, 1.807) is 0 Å². The van der Waals surface area contributed by atoms with Crippen molar-refractivity contribution in [2.75, 3.05) is 13.1 Å². The molecule has 1 saturated heterocycles. The minimum absolute atomic E-state index is 0. The molecule has 1 unspecified atom stereocenters. The van der Waals surface area contributed by atoms with Gasteiger partial charge in [0.1, 0.15) is 0 Å². The molecule has 1 atom stereocenters. The van der Waals surface area contributed by atoms with Gasteiger partial charge in [-0.05, 0) is 24.3 Å². The molecule has 1 heterocycles. The van der Waals surface area contributed by atoms with Crippen LogP contribution in [-0.2, 0) is 4.79 Å². The van der Waals surface area contributed by atoms with Gasteiger partial charge in [-0.25, -0.2) is 0 Å². The molecule has 3 nitrogen and oxygen atoms in total. The smallest absolute Gasteiger partial charge is 0.303 e. The van der Waals surface area contributed by atoms with Crippen LogP contribution in [0.15, 0.2) is 0 Å². The molecule has 0 aromatic rings. The molecule has 4 heteroatoms. The predicted octanol–water partition coefficient (Wildman–Crippen LogP) is 1.52. The second-order valence-corrected chi connectivity index (χ2v) is 4.25. The van der Waals surface area contributed by atoms with Crippen molar-refractivity contribution in [1.29, 1.82) is 0 Å². The van der Waals surface area contributed by atoms with E-state index in [1.165, 1.54) is 0 Å². The molecule has 1 rings (SSSR count). The molecular weight excluding hydrogens is 190 g/mol. The van der Waals surface area contributed by atoms with Gasteiger partial charge in [-0.3, -0.25) is 4.79 Å². The summed E-state index contributed by atoms with van der Waals surface area (Å²) < 4.78 is 0. The van der Waals surface area contributed by atoms with Crippen molar-refractivity contribution in [3.8, 4) is 0 Å². The summed E-state index contributed by atoms with van der Waals surface area (Å²) in [7, 11) is 0. The van der Waals surface area contributed by atoms with Gasteiger partial charge in [-0.2, -0.15) is 0 Å². The fraction of sp³-hybridized carbons (Fsp3) is 0.889. The summed E-state index contributed by atoms with van der Waals surface area (Å²) in [6.07, 6.45) is 1.30. The topological polar surface area (TPSA) is 49.3 Å². The third-order valence-electron chi connectivity index (χ3n) is 2.78. The Morgan fingerprint density at radius 3 is 2.69 bits per heavy atom. The summed E-state index contributed by atoms with van der Waals surface area (Å²) >= 11 is 0. The summed E-state index contributed by atoms with van der Waals surface area (Å²) in [5.74, 6) is -0.341. The van der Waals surface area contributed by atoms with Gasteiger partial charge in [0.15, 0.2) is 0 Å². The maximum absolute atomic E-state index is 10.5. The zero-order chi connectivity index (χ0) is 9.19. The molecule has 1 fully saturated rings. The fourth-order valence-electron chi connectivity index (χ4n) is 1.81. The molecule has 13 heavy (non-hydrogen) atoms. The number of carboxylic acids is 1. The lowest BCUT2D eigenvalue weighted by Gasteiger charge is -2.38. The number of hydrogen-bond donors (Lipinski definition) is 2. The monoisotopic (exact) mass is 207 g/mol. The van der Waals surface area contributed by atoms with E-state index in [1.807, 2.05) is 0 Å². The van der Waals surface area contributed by atoms with E-state index in [9.17, 15) is 4.79 Å². The van der Waals surface area contributed by atoms with Gasteiger partial charge in [0, 0.05) is 13.0 Å². The highest BCUT2D eigenvalue weighted by Gasteiger charge is 2.33.